The summed E-state index contributed by atoms with van der Waals surface area (Å²) in [6.07, 6.45) is -3.49. The van der Waals surface area contributed by atoms with Crippen LogP contribution in [0.25, 0.3) is 5.65 Å². The van der Waals surface area contributed by atoms with Crippen LogP contribution in [0.2, 0.25) is 0 Å². The van der Waals surface area contributed by atoms with Gasteiger partial charge in [0.2, 0.25) is 5.91 Å². The highest BCUT2D eigenvalue weighted by Gasteiger charge is 2.38. The fraction of sp³-hybridized carbons (Fsp3) is 0.471. The number of nitrogens with one attached hydrogen (secondary N) is 1. The number of carbonyl (C=O) groups excluding carboxylic acids is 1. The van der Waals surface area contributed by atoms with E-state index in [2.05, 4.69) is 25.6 Å². The molecule has 0 spiro atoms. The molecule has 0 atom stereocenters. The number of piperidine rings is 1. The van der Waals surface area contributed by atoms with Crippen molar-refractivity contribution in [1.82, 2.24) is 24.8 Å². The van der Waals surface area contributed by atoms with E-state index >= 15 is 0 Å². The summed E-state index contributed by atoms with van der Waals surface area (Å²) in [6, 6.07) is 3.07. The number of fused-ring (bicyclic) bond motifs is 1. The number of thiazole rings is 1. The molecule has 4 rings (SSSR count). The van der Waals surface area contributed by atoms with Crippen molar-refractivity contribution in [3.8, 4) is 0 Å². The Labute approximate surface area is 167 Å². The average Bonchev–Trinajstić information content (AvgIpc) is 3.24. The highest BCUT2D eigenvalue weighted by molar-refractivity contribution is 7.15. The van der Waals surface area contributed by atoms with Crippen LogP contribution in [0.15, 0.2) is 12.1 Å². The number of aromatic nitrogens is 5. The molecular weight excluding hydrogens is 407 g/mol. The maximum absolute atomic E-state index is 13.0. The Bertz CT molecular complexity index is 1030. The zero-order chi connectivity index (χ0) is 20.8. The molecule has 0 radical (unpaired) electrons. The molecule has 1 fully saturated rings. The third-order valence-electron chi connectivity index (χ3n) is 4.95. The molecule has 154 valence electrons. The van der Waals surface area contributed by atoms with Gasteiger partial charge in [0.25, 0.3) is 5.82 Å². The first kappa shape index (κ1) is 19.6. The summed E-state index contributed by atoms with van der Waals surface area (Å²) < 4.78 is 39.8. The van der Waals surface area contributed by atoms with Crippen molar-refractivity contribution < 1.29 is 18.0 Å². The van der Waals surface area contributed by atoms with E-state index in [1.54, 1.807) is 6.07 Å². The van der Waals surface area contributed by atoms with E-state index < -0.39 is 12.0 Å². The summed E-state index contributed by atoms with van der Waals surface area (Å²) in [4.78, 5) is 19.7. The molecule has 1 aliphatic heterocycles. The first-order valence-corrected chi connectivity index (χ1v) is 9.83. The number of hydrogen-bond acceptors (Lipinski definition) is 7. The lowest BCUT2D eigenvalue weighted by Crippen LogP contribution is -2.38. The van der Waals surface area contributed by atoms with Crippen molar-refractivity contribution in [3.05, 3.63) is 28.5 Å². The highest BCUT2D eigenvalue weighted by atomic mass is 32.1. The lowest BCUT2D eigenvalue weighted by Gasteiger charge is -2.31. The third kappa shape index (κ3) is 3.88. The molecule has 1 aliphatic rings. The smallest absolute Gasteiger partial charge is 0.355 e. The molecule has 0 saturated carbocycles. The summed E-state index contributed by atoms with van der Waals surface area (Å²) >= 11 is 1.44. The summed E-state index contributed by atoms with van der Waals surface area (Å²) in [6.45, 7) is 4.86. The van der Waals surface area contributed by atoms with Gasteiger partial charge >= 0.3 is 6.18 Å². The number of hydrogen-bond donors (Lipinski definition) is 1. The molecule has 12 heteroatoms. The number of anilines is 2. The SMILES string of the molecule is Cc1nc(NC(=O)C2CCN(c3ccc4nnc(C(F)(F)F)n4n3)CC2)sc1C. The number of carbonyl (C=O) groups is 1. The Balaban J connectivity index is 1.43. The molecule has 0 aromatic carbocycles. The summed E-state index contributed by atoms with van der Waals surface area (Å²) in [5.41, 5.74) is 0.929. The van der Waals surface area contributed by atoms with E-state index in [0.29, 0.717) is 41.4 Å². The lowest BCUT2D eigenvalue weighted by molar-refractivity contribution is -0.146. The molecule has 4 heterocycles. The van der Waals surface area contributed by atoms with Crippen LogP contribution >= 0.6 is 11.3 Å². The Hall–Kier alpha value is -2.76. The molecular formula is C17H18F3N7OS. The van der Waals surface area contributed by atoms with Crippen LogP contribution in [-0.2, 0) is 11.0 Å². The third-order valence-corrected chi connectivity index (χ3v) is 5.94. The quantitative estimate of drug-likeness (QED) is 0.694. The Kier molecular flexibility index (Phi) is 4.89. The number of aryl methyl sites for hydroxylation is 2. The molecule has 1 amide bonds. The summed E-state index contributed by atoms with van der Waals surface area (Å²) in [5.74, 6) is -1.02. The molecule has 3 aromatic rings. The van der Waals surface area contributed by atoms with Crippen LogP contribution in [0.1, 0.15) is 29.2 Å². The minimum atomic E-state index is -4.64. The van der Waals surface area contributed by atoms with Gasteiger partial charge in [0.15, 0.2) is 10.8 Å². The van der Waals surface area contributed by atoms with Gasteiger partial charge in [0.05, 0.1) is 5.69 Å². The maximum atomic E-state index is 13.0. The van der Waals surface area contributed by atoms with Gasteiger partial charge in [0, 0.05) is 23.9 Å². The molecule has 0 unspecified atom stereocenters. The average molecular weight is 425 g/mol. The number of rotatable bonds is 3. The zero-order valence-electron chi connectivity index (χ0n) is 15.7. The minimum absolute atomic E-state index is 0.0318. The molecule has 29 heavy (non-hydrogen) atoms. The van der Waals surface area contributed by atoms with Gasteiger partial charge in [-0.25, -0.2) is 4.98 Å². The van der Waals surface area contributed by atoms with E-state index in [9.17, 15) is 18.0 Å². The Morgan fingerprint density at radius 1 is 1.21 bits per heavy atom. The van der Waals surface area contributed by atoms with Crippen molar-refractivity contribution >= 4 is 33.8 Å². The Morgan fingerprint density at radius 2 is 1.93 bits per heavy atom. The lowest BCUT2D eigenvalue weighted by atomic mass is 9.96. The van der Waals surface area contributed by atoms with Gasteiger partial charge < -0.3 is 10.2 Å². The van der Waals surface area contributed by atoms with Gasteiger partial charge in [-0.1, -0.05) is 0 Å². The largest absolute Gasteiger partial charge is 0.453 e. The van der Waals surface area contributed by atoms with Crippen molar-refractivity contribution in [2.45, 2.75) is 32.9 Å². The van der Waals surface area contributed by atoms with Crippen molar-refractivity contribution in [2.24, 2.45) is 5.92 Å². The molecule has 1 saturated heterocycles. The van der Waals surface area contributed by atoms with Gasteiger partial charge in [-0.05, 0) is 38.8 Å². The monoisotopic (exact) mass is 425 g/mol. The number of halogens is 3. The number of amides is 1. The molecule has 0 bridgehead atoms. The van der Waals surface area contributed by atoms with E-state index in [1.807, 2.05) is 18.7 Å². The Morgan fingerprint density at radius 3 is 2.55 bits per heavy atom. The molecule has 0 aliphatic carbocycles. The number of alkyl halides is 3. The van der Waals surface area contributed by atoms with Gasteiger partial charge in [-0.15, -0.1) is 26.6 Å². The fourth-order valence-electron chi connectivity index (χ4n) is 3.23. The molecule has 3 aromatic heterocycles. The van der Waals surface area contributed by atoms with E-state index in [-0.39, 0.29) is 17.5 Å². The van der Waals surface area contributed by atoms with Crippen LogP contribution in [-0.4, -0.2) is 43.8 Å². The first-order chi connectivity index (χ1) is 13.7. The van der Waals surface area contributed by atoms with Crippen LogP contribution < -0.4 is 10.2 Å². The van der Waals surface area contributed by atoms with E-state index in [0.717, 1.165) is 10.6 Å². The predicted octanol–water partition coefficient (Wildman–Crippen LogP) is 3.07. The molecule has 1 N–H and O–H groups in total. The highest BCUT2D eigenvalue weighted by Crippen LogP contribution is 2.29. The van der Waals surface area contributed by atoms with E-state index in [4.69, 9.17) is 0 Å². The second-order valence-corrected chi connectivity index (χ2v) is 8.10. The summed E-state index contributed by atoms with van der Waals surface area (Å²) in [7, 11) is 0. The zero-order valence-corrected chi connectivity index (χ0v) is 16.5. The van der Waals surface area contributed by atoms with Crippen LogP contribution in [0.4, 0.5) is 24.1 Å². The van der Waals surface area contributed by atoms with Crippen LogP contribution in [0.5, 0.6) is 0 Å². The van der Waals surface area contributed by atoms with Crippen LogP contribution in [0, 0.1) is 19.8 Å². The van der Waals surface area contributed by atoms with Crippen LogP contribution in [0.3, 0.4) is 0 Å². The second-order valence-electron chi connectivity index (χ2n) is 6.89. The maximum Gasteiger partial charge on any atom is 0.453 e. The molecule has 8 nitrogen and oxygen atoms in total. The van der Waals surface area contributed by atoms with Gasteiger partial charge in [0.1, 0.15) is 5.82 Å². The normalized spacial score (nSPS) is 15.8. The van der Waals surface area contributed by atoms with Crippen molar-refractivity contribution in [1.29, 1.82) is 0 Å². The topological polar surface area (TPSA) is 88.3 Å². The first-order valence-electron chi connectivity index (χ1n) is 9.02. The fourth-order valence-corrected chi connectivity index (χ4v) is 4.05. The summed E-state index contributed by atoms with van der Waals surface area (Å²) in [5, 5.41) is 14.2. The standard InChI is InChI=1S/C17H18F3N7OS/c1-9-10(2)29-16(21-9)22-14(28)11-5-7-26(8-6-11)13-4-3-12-23-24-15(17(18,19)20)27(12)25-13/h3-4,11H,5-8H2,1-2H3,(H,21,22,28). The van der Waals surface area contributed by atoms with Gasteiger partial charge in [-0.3, -0.25) is 4.79 Å². The number of nitrogens with zero attached hydrogens (tertiary/aromatic N) is 6. The van der Waals surface area contributed by atoms with Crippen molar-refractivity contribution in [2.75, 3.05) is 23.3 Å². The second kappa shape index (κ2) is 7.25. The van der Waals surface area contributed by atoms with Crippen molar-refractivity contribution in [3.63, 3.8) is 0 Å². The predicted molar refractivity (Wildman–Crippen MR) is 101 cm³/mol. The minimum Gasteiger partial charge on any atom is -0.355 e. The van der Waals surface area contributed by atoms with E-state index in [1.165, 1.54) is 17.4 Å². The van der Waals surface area contributed by atoms with Gasteiger partial charge in [-0.2, -0.15) is 17.7 Å².